The molecule has 268 valence electrons. The summed E-state index contributed by atoms with van der Waals surface area (Å²) in [5, 5.41) is 4.97. The third-order valence-corrected chi connectivity index (χ3v) is 11.9. The van der Waals surface area contributed by atoms with E-state index < -0.39 is 0 Å². The van der Waals surface area contributed by atoms with Gasteiger partial charge in [0.1, 0.15) is 0 Å². The molecule has 0 saturated heterocycles. The van der Waals surface area contributed by atoms with Gasteiger partial charge >= 0.3 is 0 Å². The fraction of sp³-hybridized carbons (Fsp3) is 0. The molecule has 11 rings (SSSR count). The lowest BCUT2D eigenvalue weighted by Crippen LogP contribution is -1.94. The highest BCUT2D eigenvalue weighted by Crippen LogP contribution is 2.40. The Hall–Kier alpha value is -6.94. The van der Waals surface area contributed by atoms with E-state index in [0.29, 0.717) is 0 Å². The highest BCUT2D eigenvalue weighted by atomic mass is 79.9. The average Bonchev–Trinajstić information content (AvgIpc) is 3.79. The summed E-state index contributed by atoms with van der Waals surface area (Å²) in [7, 11) is 0. The van der Waals surface area contributed by atoms with Crippen LogP contribution in [0.5, 0.6) is 0 Å². The van der Waals surface area contributed by atoms with Crippen LogP contribution in [0.15, 0.2) is 217 Å². The van der Waals surface area contributed by atoms with Crippen LogP contribution in [-0.2, 0) is 0 Å². The molecule has 57 heavy (non-hydrogen) atoms. The number of hydrogen-bond acceptors (Lipinski definition) is 0. The molecule has 11 aromatic rings. The van der Waals surface area contributed by atoms with Crippen LogP contribution in [0.2, 0.25) is 0 Å². The number of halogens is 1. The molecule has 0 amide bonds. The van der Waals surface area contributed by atoms with Crippen molar-refractivity contribution in [3.8, 4) is 55.9 Å². The molecule has 9 aromatic carbocycles. The molecule has 2 heterocycles. The highest BCUT2D eigenvalue weighted by molar-refractivity contribution is 9.10. The molecule has 0 spiro atoms. The zero-order valence-electron chi connectivity index (χ0n) is 31.0. The van der Waals surface area contributed by atoms with Gasteiger partial charge in [-0.2, -0.15) is 0 Å². The van der Waals surface area contributed by atoms with E-state index in [0.717, 1.165) is 15.8 Å². The van der Waals surface area contributed by atoms with E-state index in [1.807, 2.05) is 0 Å². The largest absolute Gasteiger partial charge is 0.309 e. The van der Waals surface area contributed by atoms with Crippen LogP contribution in [0.3, 0.4) is 0 Å². The Balaban J connectivity index is 1.08. The molecule has 0 aliphatic heterocycles. The van der Waals surface area contributed by atoms with Crippen LogP contribution < -0.4 is 0 Å². The van der Waals surface area contributed by atoms with E-state index in [2.05, 4.69) is 237 Å². The summed E-state index contributed by atoms with van der Waals surface area (Å²) in [5.41, 5.74) is 16.7. The molecule has 0 bridgehead atoms. The molecular weight excluding hydrogens is 757 g/mol. The van der Waals surface area contributed by atoms with Gasteiger partial charge in [0.05, 0.1) is 22.1 Å². The molecule has 0 N–H and O–H groups in total. The van der Waals surface area contributed by atoms with Crippen molar-refractivity contribution in [2.45, 2.75) is 0 Å². The summed E-state index contributed by atoms with van der Waals surface area (Å²) in [6.07, 6.45) is 0. The molecule has 0 aliphatic carbocycles. The van der Waals surface area contributed by atoms with Gasteiger partial charge in [-0.15, -0.1) is 0 Å². The summed E-state index contributed by atoms with van der Waals surface area (Å²) in [5.74, 6) is 0. The zero-order chi connectivity index (χ0) is 37.9. The van der Waals surface area contributed by atoms with Crippen molar-refractivity contribution in [3.05, 3.63) is 217 Å². The lowest BCUT2D eigenvalue weighted by atomic mass is 9.92. The Labute approximate surface area is 339 Å². The van der Waals surface area contributed by atoms with E-state index in [1.165, 1.54) is 88.1 Å². The number of fused-ring (bicyclic) bond motifs is 6. The Morgan fingerprint density at radius 1 is 0.246 bits per heavy atom. The molecule has 0 fully saturated rings. The molecule has 0 atom stereocenters. The van der Waals surface area contributed by atoms with Gasteiger partial charge < -0.3 is 9.13 Å². The second-order valence-corrected chi connectivity index (χ2v) is 15.6. The van der Waals surface area contributed by atoms with E-state index in [-0.39, 0.29) is 0 Å². The summed E-state index contributed by atoms with van der Waals surface area (Å²) in [6.45, 7) is 0. The van der Waals surface area contributed by atoms with Gasteiger partial charge in [-0.3, -0.25) is 0 Å². The fourth-order valence-corrected chi connectivity index (χ4v) is 8.91. The van der Waals surface area contributed by atoms with E-state index in [9.17, 15) is 0 Å². The molecule has 3 heteroatoms. The van der Waals surface area contributed by atoms with Crippen LogP contribution in [0.25, 0.3) is 99.5 Å². The molecule has 0 radical (unpaired) electrons. The lowest BCUT2D eigenvalue weighted by Gasteiger charge is -2.13. The van der Waals surface area contributed by atoms with Crippen LogP contribution in [0.4, 0.5) is 0 Å². The van der Waals surface area contributed by atoms with Gasteiger partial charge in [0.15, 0.2) is 0 Å². The third-order valence-electron chi connectivity index (χ3n) is 11.4. The van der Waals surface area contributed by atoms with E-state index in [1.54, 1.807) is 0 Å². The van der Waals surface area contributed by atoms with Crippen molar-refractivity contribution >= 4 is 59.5 Å². The first kappa shape index (κ1) is 33.4. The maximum absolute atomic E-state index is 3.65. The second-order valence-electron chi connectivity index (χ2n) is 14.7. The quantitative estimate of drug-likeness (QED) is 0.159. The average molecular weight is 792 g/mol. The number of rotatable bonds is 6. The smallest absolute Gasteiger partial charge is 0.0541 e. The third kappa shape index (κ3) is 5.78. The van der Waals surface area contributed by atoms with Gasteiger partial charge in [-0.05, 0) is 136 Å². The minimum Gasteiger partial charge on any atom is -0.309 e. The summed E-state index contributed by atoms with van der Waals surface area (Å²) in [4.78, 5) is 0. The Kier molecular flexibility index (Phi) is 8.01. The summed E-state index contributed by atoms with van der Waals surface area (Å²) >= 11 is 3.65. The lowest BCUT2D eigenvalue weighted by molar-refractivity contribution is 1.18. The summed E-state index contributed by atoms with van der Waals surface area (Å²) < 4.78 is 5.84. The molecule has 2 aromatic heterocycles. The minimum atomic E-state index is 1.07. The van der Waals surface area contributed by atoms with Gasteiger partial charge in [-0.1, -0.05) is 137 Å². The standard InChI is InChI=1S/C54H35BrN2/c55-44-25-19-38(20-26-44)41-31-42(39-23-29-53-49(34-39)47-15-7-9-17-51(47)56(53)45-13-5-2-6-14-45)33-43(32-41)40-24-30-54-50(35-40)48-16-8-10-18-52(48)57(54)46-27-21-37(22-28-46)36-11-3-1-4-12-36/h1-35H. The molecule has 2 nitrogen and oxygen atoms in total. The van der Waals surface area contributed by atoms with Gasteiger partial charge in [0, 0.05) is 37.4 Å². The Morgan fingerprint density at radius 2 is 0.614 bits per heavy atom. The van der Waals surface area contributed by atoms with Crippen LogP contribution >= 0.6 is 15.9 Å². The van der Waals surface area contributed by atoms with Crippen molar-refractivity contribution in [3.63, 3.8) is 0 Å². The Bertz CT molecular complexity index is 3260. The number of nitrogens with zero attached hydrogens (tertiary/aromatic N) is 2. The maximum atomic E-state index is 3.65. The topological polar surface area (TPSA) is 9.86 Å². The minimum absolute atomic E-state index is 1.07. The fourth-order valence-electron chi connectivity index (χ4n) is 8.64. The van der Waals surface area contributed by atoms with Crippen molar-refractivity contribution < 1.29 is 0 Å². The predicted molar refractivity (Wildman–Crippen MR) is 245 cm³/mol. The monoisotopic (exact) mass is 790 g/mol. The predicted octanol–water partition coefficient (Wildman–Crippen LogP) is 15.3. The van der Waals surface area contributed by atoms with Crippen molar-refractivity contribution in [2.75, 3.05) is 0 Å². The molecular formula is C54H35BrN2. The molecule has 0 aliphatic rings. The van der Waals surface area contributed by atoms with Gasteiger partial charge in [0.2, 0.25) is 0 Å². The maximum Gasteiger partial charge on any atom is 0.0541 e. The van der Waals surface area contributed by atoms with Gasteiger partial charge in [0.25, 0.3) is 0 Å². The van der Waals surface area contributed by atoms with Crippen LogP contribution in [-0.4, -0.2) is 9.13 Å². The summed E-state index contributed by atoms with van der Waals surface area (Å²) in [6, 6.07) is 77.3. The Morgan fingerprint density at radius 3 is 1.16 bits per heavy atom. The van der Waals surface area contributed by atoms with Crippen LogP contribution in [0, 0.1) is 0 Å². The number of aromatic nitrogens is 2. The SMILES string of the molecule is Brc1ccc(-c2cc(-c3ccc4c(c3)c3ccccc3n4-c3ccccc3)cc(-c3ccc4c(c3)c3ccccc3n4-c3ccc(-c4ccccc4)cc3)c2)cc1. The zero-order valence-corrected chi connectivity index (χ0v) is 32.6. The number of hydrogen-bond donors (Lipinski definition) is 0. The highest BCUT2D eigenvalue weighted by Gasteiger charge is 2.17. The molecule has 0 unspecified atom stereocenters. The first-order chi connectivity index (χ1) is 28.2. The normalized spacial score (nSPS) is 11.6. The van der Waals surface area contributed by atoms with Crippen molar-refractivity contribution in [1.29, 1.82) is 0 Å². The van der Waals surface area contributed by atoms with Crippen LogP contribution in [0.1, 0.15) is 0 Å². The second kappa shape index (κ2) is 13.7. The van der Waals surface area contributed by atoms with Crippen molar-refractivity contribution in [1.82, 2.24) is 9.13 Å². The van der Waals surface area contributed by atoms with Gasteiger partial charge in [-0.25, -0.2) is 0 Å². The first-order valence-electron chi connectivity index (χ1n) is 19.4. The van der Waals surface area contributed by atoms with Crippen molar-refractivity contribution in [2.24, 2.45) is 0 Å². The van der Waals surface area contributed by atoms with E-state index >= 15 is 0 Å². The van der Waals surface area contributed by atoms with E-state index in [4.69, 9.17) is 0 Å². The number of benzene rings is 9. The number of para-hydroxylation sites is 3. The first-order valence-corrected chi connectivity index (χ1v) is 20.2. The molecule has 0 saturated carbocycles.